The number of nitrogens with one attached hydrogen (secondary N) is 1. The first-order valence-corrected chi connectivity index (χ1v) is 10.9. The molecule has 5 nitrogen and oxygen atoms in total. The molecule has 0 saturated carbocycles. The van der Waals surface area contributed by atoms with Gasteiger partial charge in [-0.2, -0.15) is 0 Å². The maximum Gasteiger partial charge on any atom is 0.284 e. The number of hydrogen-bond acceptors (Lipinski definition) is 2. The van der Waals surface area contributed by atoms with E-state index in [9.17, 15) is 9.59 Å². The monoisotopic (exact) mass is 505 g/mol. The lowest BCUT2D eigenvalue weighted by Gasteiger charge is -2.13. The lowest BCUT2D eigenvalue weighted by Crippen LogP contribution is -2.26. The fourth-order valence-electron chi connectivity index (χ4n) is 3.17. The lowest BCUT2D eigenvalue weighted by atomic mass is 10.2. The van der Waals surface area contributed by atoms with Crippen LogP contribution >= 0.6 is 46.4 Å². The van der Waals surface area contributed by atoms with Crippen molar-refractivity contribution in [2.24, 2.45) is 0 Å². The molecule has 0 aliphatic carbocycles. The van der Waals surface area contributed by atoms with Gasteiger partial charge in [-0.25, -0.2) is 4.68 Å². The SMILES string of the molecule is O=C(Nc1ccc(Cl)cc1)c1cn(Cc2ccc(Cl)cc2Cl)n(-c2ccc(Cl)cc2)c1=O. The highest BCUT2D eigenvalue weighted by Crippen LogP contribution is 2.23. The van der Waals surface area contributed by atoms with Crippen LogP contribution in [0.5, 0.6) is 0 Å². The molecule has 0 aliphatic heterocycles. The van der Waals surface area contributed by atoms with Gasteiger partial charge in [-0.05, 0) is 66.2 Å². The average Bonchev–Trinajstić information content (AvgIpc) is 3.08. The minimum atomic E-state index is -0.541. The van der Waals surface area contributed by atoms with Crippen molar-refractivity contribution < 1.29 is 4.79 Å². The van der Waals surface area contributed by atoms with Gasteiger partial charge in [0.2, 0.25) is 0 Å². The summed E-state index contributed by atoms with van der Waals surface area (Å²) in [6, 6.07) is 18.5. The molecule has 0 unspecified atom stereocenters. The summed E-state index contributed by atoms with van der Waals surface area (Å²) in [5, 5.41) is 4.75. The van der Waals surface area contributed by atoms with E-state index >= 15 is 0 Å². The molecule has 32 heavy (non-hydrogen) atoms. The van der Waals surface area contributed by atoms with E-state index < -0.39 is 11.5 Å². The smallest absolute Gasteiger partial charge is 0.284 e. The van der Waals surface area contributed by atoms with Crippen LogP contribution in [-0.2, 0) is 6.54 Å². The topological polar surface area (TPSA) is 56.0 Å². The van der Waals surface area contributed by atoms with Crippen LogP contribution in [0.2, 0.25) is 20.1 Å². The quantitative estimate of drug-likeness (QED) is 0.333. The first kappa shape index (κ1) is 22.5. The fourth-order valence-corrected chi connectivity index (χ4v) is 3.89. The Hall–Kier alpha value is -2.70. The van der Waals surface area contributed by atoms with Crippen molar-refractivity contribution in [3.05, 3.63) is 114 Å². The zero-order chi connectivity index (χ0) is 22.8. The Morgan fingerprint density at radius 2 is 1.41 bits per heavy atom. The number of halogens is 4. The Bertz CT molecular complexity index is 1340. The van der Waals surface area contributed by atoms with Crippen molar-refractivity contribution in [2.75, 3.05) is 5.32 Å². The minimum Gasteiger partial charge on any atom is -0.322 e. The molecule has 1 heterocycles. The van der Waals surface area contributed by atoms with Crippen LogP contribution < -0.4 is 10.9 Å². The molecule has 0 aliphatic rings. The van der Waals surface area contributed by atoms with E-state index in [0.717, 1.165) is 5.56 Å². The maximum atomic E-state index is 13.3. The summed E-state index contributed by atoms with van der Waals surface area (Å²) in [4.78, 5) is 26.2. The minimum absolute atomic E-state index is 0.0278. The van der Waals surface area contributed by atoms with Gasteiger partial charge in [-0.3, -0.25) is 14.3 Å². The summed E-state index contributed by atoms with van der Waals surface area (Å²) in [7, 11) is 0. The van der Waals surface area contributed by atoms with Crippen LogP contribution in [0.4, 0.5) is 5.69 Å². The van der Waals surface area contributed by atoms with E-state index in [2.05, 4.69) is 5.32 Å². The van der Waals surface area contributed by atoms with E-state index in [1.807, 2.05) is 0 Å². The number of anilines is 1. The third-order valence-corrected chi connectivity index (χ3v) is 5.81. The molecule has 0 saturated heterocycles. The molecule has 0 spiro atoms. The average molecular weight is 507 g/mol. The number of amides is 1. The van der Waals surface area contributed by atoms with Gasteiger partial charge in [-0.1, -0.05) is 52.5 Å². The molecular weight excluding hydrogens is 492 g/mol. The zero-order valence-electron chi connectivity index (χ0n) is 16.4. The summed E-state index contributed by atoms with van der Waals surface area (Å²) < 4.78 is 3.02. The highest BCUT2D eigenvalue weighted by atomic mass is 35.5. The molecule has 1 aromatic heterocycles. The highest BCUT2D eigenvalue weighted by Gasteiger charge is 2.20. The van der Waals surface area contributed by atoms with Crippen molar-refractivity contribution in [1.29, 1.82) is 0 Å². The Balaban J connectivity index is 1.77. The first-order valence-electron chi connectivity index (χ1n) is 9.41. The van der Waals surface area contributed by atoms with E-state index in [0.29, 0.717) is 31.5 Å². The number of carbonyl (C=O) groups is 1. The van der Waals surface area contributed by atoms with E-state index in [1.54, 1.807) is 71.4 Å². The number of aromatic nitrogens is 2. The van der Waals surface area contributed by atoms with Crippen molar-refractivity contribution in [3.63, 3.8) is 0 Å². The first-order chi connectivity index (χ1) is 15.3. The van der Waals surface area contributed by atoms with Gasteiger partial charge in [-0.15, -0.1) is 0 Å². The van der Waals surface area contributed by atoms with Gasteiger partial charge in [0.15, 0.2) is 0 Å². The Kier molecular flexibility index (Phi) is 6.63. The fraction of sp³-hybridized carbons (Fsp3) is 0.0435. The maximum absolute atomic E-state index is 13.3. The number of carbonyl (C=O) groups excluding carboxylic acids is 1. The molecule has 4 aromatic rings. The predicted octanol–water partition coefficient (Wildman–Crippen LogP) is 6.55. The second kappa shape index (κ2) is 9.43. The van der Waals surface area contributed by atoms with Crippen LogP contribution in [0.1, 0.15) is 15.9 Å². The number of benzene rings is 3. The van der Waals surface area contributed by atoms with Crippen LogP contribution in [-0.4, -0.2) is 15.3 Å². The van der Waals surface area contributed by atoms with Gasteiger partial charge in [0.1, 0.15) is 5.56 Å². The molecule has 0 bridgehead atoms. The van der Waals surface area contributed by atoms with Crippen LogP contribution in [0.3, 0.4) is 0 Å². The second-order valence-corrected chi connectivity index (χ2v) is 8.65. The third kappa shape index (κ3) is 4.87. The Morgan fingerprint density at radius 1 is 0.812 bits per heavy atom. The molecule has 9 heteroatoms. The summed E-state index contributed by atoms with van der Waals surface area (Å²) in [6.45, 7) is 0.238. The Labute approximate surface area is 203 Å². The van der Waals surface area contributed by atoms with E-state index in [4.69, 9.17) is 46.4 Å². The van der Waals surface area contributed by atoms with Crippen LogP contribution in [0, 0.1) is 0 Å². The predicted molar refractivity (Wildman–Crippen MR) is 130 cm³/mol. The molecule has 0 atom stereocenters. The molecule has 1 amide bonds. The molecule has 0 fully saturated rings. The van der Waals surface area contributed by atoms with Gasteiger partial charge in [0.25, 0.3) is 11.5 Å². The molecule has 1 N–H and O–H groups in total. The van der Waals surface area contributed by atoms with Gasteiger partial charge < -0.3 is 5.32 Å². The lowest BCUT2D eigenvalue weighted by molar-refractivity contribution is 0.102. The normalized spacial score (nSPS) is 10.9. The van der Waals surface area contributed by atoms with Gasteiger partial charge in [0.05, 0.1) is 12.2 Å². The second-order valence-electron chi connectivity index (χ2n) is 6.93. The molecule has 4 rings (SSSR count). The van der Waals surface area contributed by atoms with Crippen molar-refractivity contribution in [1.82, 2.24) is 9.36 Å². The molecule has 0 radical (unpaired) electrons. The van der Waals surface area contributed by atoms with E-state index in [1.165, 1.54) is 10.9 Å². The van der Waals surface area contributed by atoms with E-state index in [-0.39, 0.29) is 12.1 Å². The van der Waals surface area contributed by atoms with Crippen molar-refractivity contribution >= 4 is 58.0 Å². The van der Waals surface area contributed by atoms with Gasteiger partial charge >= 0.3 is 0 Å². The zero-order valence-corrected chi connectivity index (χ0v) is 19.4. The number of rotatable bonds is 5. The third-order valence-electron chi connectivity index (χ3n) is 4.72. The molecular formula is C23H15Cl4N3O2. The Morgan fingerprint density at radius 3 is 2.03 bits per heavy atom. The largest absolute Gasteiger partial charge is 0.322 e. The van der Waals surface area contributed by atoms with Crippen LogP contribution in [0.15, 0.2) is 77.7 Å². The van der Waals surface area contributed by atoms with Crippen molar-refractivity contribution in [3.8, 4) is 5.69 Å². The van der Waals surface area contributed by atoms with Gasteiger partial charge in [0, 0.05) is 32.0 Å². The summed E-state index contributed by atoms with van der Waals surface area (Å²) in [6.07, 6.45) is 1.49. The standard InChI is InChI=1S/C23H15Cl4N3O2/c24-15-3-7-18(8-4-15)28-22(31)20-13-29(12-14-1-2-17(26)11-21(14)27)30(23(20)32)19-9-5-16(25)6-10-19/h1-11,13H,12H2,(H,28,31). The summed E-state index contributed by atoms with van der Waals surface area (Å²) >= 11 is 24.2. The highest BCUT2D eigenvalue weighted by molar-refractivity contribution is 6.35. The molecule has 3 aromatic carbocycles. The van der Waals surface area contributed by atoms with Crippen molar-refractivity contribution in [2.45, 2.75) is 6.54 Å². The molecule has 162 valence electrons. The summed E-state index contributed by atoms with van der Waals surface area (Å²) in [5.74, 6) is -0.541. The summed E-state index contributed by atoms with van der Waals surface area (Å²) in [5.41, 5.74) is 1.29. The van der Waals surface area contributed by atoms with Crippen LogP contribution in [0.25, 0.3) is 5.69 Å². The number of hydrogen-bond donors (Lipinski definition) is 1. The number of nitrogens with zero attached hydrogens (tertiary/aromatic N) is 2.